The topological polar surface area (TPSA) is 274 Å². The highest BCUT2D eigenvalue weighted by Crippen LogP contribution is 2.36. The van der Waals surface area contributed by atoms with Gasteiger partial charge >= 0.3 is 42.9 Å². The molecule has 338 valence electrons. The van der Waals surface area contributed by atoms with Gasteiger partial charge in [-0.1, -0.05) is 12.1 Å². The first-order valence-electron chi connectivity index (χ1n) is 18.9. The minimum Gasteiger partial charge on any atom is -0.462 e. The van der Waals surface area contributed by atoms with Gasteiger partial charge in [0.25, 0.3) is 5.91 Å². The van der Waals surface area contributed by atoms with Crippen molar-refractivity contribution in [1.82, 2.24) is 14.3 Å². The zero-order valence-corrected chi connectivity index (χ0v) is 36.4. The largest absolute Gasteiger partial charge is 0.494 e. The van der Waals surface area contributed by atoms with E-state index in [1.165, 1.54) is 24.3 Å². The number of carbonyl (C=O) groups is 8. The summed E-state index contributed by atoms with van der Waals surface area (Å²) < 4.78 is 67.3. The molecule has 2 aliphatic heterocycles. The van der Waals surface area contributed by atoms with Crippen molar-refractivity contribution in [2.75, 3.05) is 33.3 Å². The lowest BCUT2D eigenvalue weighted by atomic mass is 9.79. The molecule has 24 heteroatoms. The zero-order chi connectivity index (χ0) is 46.2. The number of hydroxylamine groups is 2. The number of benzene rings is 1. The number of likely N-dealkylation sites (N-methyl/N-ethyl adjacent to an activating group) is 1. The van der Waals surface area contributed by atoms with E-state index in [2.05, 4.69) is 0 Å². The summed E-state index contributed by atoms with van der Waals surface area (Å²) in [5.74, 6) is -7.96. The summed E-state index contributed by atoms with van der Waals surface area (Å²) in [4.78, 5) is 106. The summed E-state index contributed by atoms with van der Waals surface area (Å²) >= 11 is 0. The van der Waals surface area contributed by atoms with Crippen LogP contribution in [0.3, 0.4) is 0 Å². The molecule has 0 radical (unpaired) electrons. The van der Waals surface area contributed by atoms with E-state index in [1.807, 2.05) is 27.7 Å². The van der Waals surface area contributed by atoms with Crippen molar-refractivity contribution in [3.05, 3.63) is 24.3 Å². The van der Waals surface area contributed by atoms with Crippen LogP contribution in [0.2, 0.25) is 0 Å². The normalized spacial score (nSPS) is 19.0. The van der Waals surface area contributed by atoms with Crippen molar-refractivity contribution in [2.24, 2.45) is 0 Å². The second-order valence-electron chi connectivity index (χ2n) is 15.2. The molecule has 0 bridgehead atoms. The lowest BCUT2D eigenvalue weighted by molar-refractivity contribution is -0.220. The maximum absolute atomic E-state index is 14.2. The van der Waals surface area contributed by atoms with E-state index in [0.29, 0.717) is 14.8 Å². The standard InChI is InChI=1S/C37H52BN3O19S/c1-21(42)53-20-29(55-23(3)44)35(57-25(5)46)34(56-24(4)45)28(54-22(2)43)17-39(10)32(49)18-40(19-33(50)58-41-30(47)15-16-31(41)48)61(51,52)27-13-11-26(12-14-27)38-59-36(6,7)37(8,9)60-38/h11-14,28-30,34-35,47H,15-20H2,1-10H3/t28-,29+,30?,34+,35+/m1/s1. The maximum Gasteiger partial charge on any atom is 0.494 e. The number of ether oxygens (including phenoxy) is 5. The van der Waals surface area contributed by atoms with Crippen LogP contribution < -0.4 is 5.46 Å². The Morgan fingerprint density at radius 2 is 1.30 bits per heavy atom. The predicted molar refractivity (Wildman–Crippen MR) is 206 cm³/mol. The first-order chi connectivity index (χ1) is 28.1. The quantitative estimate of drug-likeness (QED) is 0.100. The Bertz CT molecular complexity index is 1930. The van der Waals surface area contributed by atoms with E-state index in [9.17, 15) is 51.9 Å². The number of esters is 5. The van der Waals surface area contributed by atoms with E-state index in [-0.39, 0.29) is 12.8 Å². The van der Waals surface area contributed by atoms with Crippen molar-refractivity contribution in [2.45, 2.75) is 122 Å². The van der Waals surface area contributed by atoms with Crippen molar-refractivity contribution in [1.29, 1.82) is 0 Å². The molecule has 22 nitrogen and oxygen atoms in total. The molecule has 1 aromatic rings. The number of hydrogen-bond donors (Lipinski definition) is 1. The molecule has 0 spiro atoms. The summed E-state index contributed by atoms with van der Waals surface area (Å²) in [7, 11) is -4.51. The molecule has 2 saturated heterocycles. The number of aliphatic hydroxyl groups is 1. The van der Waals surface area contributed by atoms with Gasteiger partial charge in [-0.15, -0.1) is 5.06 Å². The van der Waals surface area contributed by atoms with Gasteiger partial charge in [0, 0.05) is 54.5 Å². The van der Waals surface area contributed by atoms with Crippen LogP contribution in [-0.2, 0) is 86.2 Å². The van der Waals surface area contributed by atoms with Gasteiger partial charge in [-0.3, -0.25) is 33.6 Å². The Morgan fingerprint density at radius 3 is 1.75 bits per heavy atom. The lowest BCUT2D eigenvalue weighted by Crippen LogP contribution is -2.56. The average Bonchev–Trinajstić information content (AvgIpc) is 3.56. The third kappa shape index (κ3) is 13.7. The molecule has 2 amide bonds. The molecule has 3 rings (SSSR count). The van der Waals surface area contributed by atoms with Crippen LogP contribution in [0, 0.1) is 0 Å². The number of hydrogen-bond acceptors (Lipinski definition) is 19. The van der Waals surface area contributed by atoms with Crippen molar-refractivity contribution < 1.29 is 89.7 Å². The Balaban J connectivity index is 2.01. The predicted octanol–water partition coefficient (Wildman–Crippen LogP) is -0.876. The van der Waals surface area contributed by atoms with Gasteiger partial charge < -0.3 is 47.8 Å². The van der Waals surface area contributed by atoms with Crippen LogP contribution in [0.4, 0.5) is 0 Å². The summed E-state index contributed by atoms with van der Waals surface area (Å²) in [6, 6.07) is 5.23. The van der Waals surface area contributed by atoms with Gasteiger partial charge in [0.2, 0.25) is 15.9 Å². The van der Waals surface area contributed by atoms with E-state index in [0.717, 1.165) is 46.6 Å². The summed E-state index contributed by atoms with van der Waals surface area (Å²) in [6.45, 7) is 8.52. The average molecular weight is 886 g/mol. The molecule has 0 aromatic heterocycles. The summed E-state index contributed by atoms with van der Waals surface area (Å²) in [6.07, 6.45) is -8.79. The van der Waals surface area contributed by atoms with Crippen LogP contribution in [-0.4, -0.2) is 158 Å². The van der Waals surface area contributed by atoms with E-state index < -0.39 is 138 Å². The molecule has 5 atom stereocenters. The van der Waals surface area contributed by atoms with Gasteiger partial charge in [0.15, 0.2) is 30.6 Å². The van der Waals surface area contributed by atoms with E-state index in [1.54, 1.807) is 0 Å². The van der Waals surface area contributed by atoms with Gasteiger partial charge in [0.05, 0.1) is 29.2 Å². The molecule has 61 heavy (non-hydrogen) atoms. The number of amides is 2. The molecule has 0 saturated carbocycles. The Morgan fingerprint density at radius 1 is 0.803 bits per heavy atom. The molecule has 1 N–H and O–H groups in total. The fourth-order valence-corrected chi connectivity index (χ4v) is 7.29. The van der Waals surface area contributed by atoms with Crippen molar-refractivity contribution in [3.63, 3.8) is 0 Å². The van der Waals surface area contributed by atoms with Crippen LogP contribution in [0.1, 0.15) is 75.2 Å². The van der Waals surface area contributed by atoms with Gasteiger partial charge in [-0.05, 0) is 45.3 Å². The van der Waals surface area contributed by atoms with Gasteiger partial charge in [0.1, 0.15) is 13.2 Å². The first-order valence-corrected chi connectivity index (χ1v) is 20.3. The minimum atomic E-state index is -4.78. The molecule has 1 unspecified atom stereocenters. The van der Waals surface area contributed by atoms with Crippen LogP contribution in [0.5, 0.6) is 0 Å². The highest BCUT2D eigenvalue weighted by molar-refractivity contribution is 7.89. The third-order valence-electron chi connectivity index (χ3n) is 9.62. The zero-order valence-electron chi connectivity index (χ0n) is 35.6. The van der Waals surface area contributed by atoms with E-state index in [4.69, 9.17) is 37.8 Å². The van der Waals surface area contributed by atoms with Gasteiger partial charge in [-0.25, -0.2) is 13.2 Å². The molecule has 0 aliphatic carbocycles. The number of sulfonamides is 1. The minimum absolute atomic E-state index is 0.0614. The number of rotatable bonds is 19. The Hall–Kier alpha value is -5.17. The molecular formula is C37H52BN3O19S. The third-order valence-corrected chi connectivity index (χ3v) is 11.4. The number of carbonyl (C=O) groups excluding carboxylic acids is 8. The maximum atomic E-state index is 14.2. The van der Waals surface area contributed by atoms with Gasteiger partial charge in [-0.2, -0.15) is 4.31 Å². The van der Waals surface area contributed by atoms with Crippen LogP contribution in [0.15, 0.2) is 29.2 Å². The Labute approximate surface area is 353 Å². The Kier molecular flexibility index (Phi) is 16.9. The van der Waals surface area contributed by atoms with Crippen LogP contribution in [0.25, 0.3) is 0 Å². The first kappa shape index (κ1) is 50.2. The van der Waals surface area contributed by atoms with Crippen molar-refractivity contribution >= 4 is 70.2 Å². The summed E-state index contributed by atoms with van der Waals surface area (Å²) in [5, 5.41) is 10.5. The molecule has 2 heterocycles. The summed E-state index contributed by atoms with van der Waals surface area (Å²) in [5.41, 5.74) is -0.966. The fraction of sp³-hybridized carbons (Fsp3) is 0.622. The highest BCUT2D eigenvalue weighted by Gasteiger charge is 2.52. The number of aliphatic hydroxyl groups excluding tert-OH is 1. The number of nitrogens with zero attached hydrogens (tertiary/aromatic N) is 3. The SMILES string of the molecule is CC(=O)OC[C@H](OC(C)=O)[C@H](OC(C)=O)[C@@H](OC(C)=O)[C@@H](CN(C)C(=O)CN(CC(=O)ON1C(=O)CCC1O)S(=O)(=O)c1ccc(B2OC(C)(C)C(C)(C)O2)cc1)OC(C)=O. The monoisotopic (exact) mass is 885 g/mol. The highest BCUT2D eigenvalue weighted by atomic mass is 32.2. The fourth-order valence-electron chi connectivity index (χ4n) is 5.96. The molecule has 2 aliphatic rings. The van der Waals surface area contributed by atoms with Crippen LogP contribution >= 0.6 is 0 Å². The molecule has 2 fully saturated rings. The second kappa shape index (κ2) is 20.6. The lowest BCUT2D eigenvalue weighted by Gasteiger charge is -2.36. The molecular weight excluding hydrogens is 833 g/mol. The smallest absolute Gasteiger partial charge is 0.462 e. The van der Waals surface area contributed by atoms with E-state index >= 15 is 0 Å². The van der Waals surface area contributed by atoms with Crippen molar-refractivity contribution in [3.8, 4) is 0 Å². The molecule has 1 aromatic carbocycles. The second-order valence-corrected chi connectivity index (χ2v) is 17.1.